The molecule has 0 bridgehead atoms. The van der Waals surface area contributed by atoms with Crippen molar-refractivity contribution in [2.24, 2.45) is 11.8 Å². The first-order chi connectivity index (χ1) is 13.3. The Morgan fingerprint density at radius 2 is 2.00 bits per heavy atom. The van der Waals surface area contributed by atoms with Gasteiger partial charge in [-0.15, -0.1) is 12.4 Å². The summed E-state index contributed by atoms with van der Waals surface area (Å²) in [6, 6.07) is 1.69. The van der Waals surface area contributed by atoms with Crippen molar-refractivity contribution in [3.05, 3.63) is 29.6 Å². The molecule has 0 saturated carbocycles. The molecule has 2 N–H and O–H groups in total. The Hall–Kier alpha value is -1.80. The molecule has 0 aliphatic carbocycles. The minimum absolute atomic E-state index is 0. The van der Waals surface area contributed by atoms with Gasteiger partial charge in [0.2, 0.25) is 11.8 Å². The van der Waals surface area contributed by atoms with Crippen molar-refractivity contribution in [2.45, 2.75) is 39.5 Å². The standard InChI is InChI=1S/C20H28F3N3O2.ClH/c1-3-9-26(18(28)10-13(2)14-5-4-8-24-11-14)12-17(27)25-16-7-6-15(21)19(22)20(16)23;/h6-7,13-14,24H,3-5,8-12H2,1-2H3,(H,25,27);1H. The Labute approximate surface area is 175 Å². The van der Waals surface area contributed by atoms with Crippen LogP contribution in [-0.4, -0.2) is 42.9 Å². The van der Waals surface area contributed by atoms with E-state index in [1.165, 1.54) is 4.90 Å². The molecule has 1 fully saturated rings. The normalized spacial score (nSPS) is 17.2. The summed E-state index contributed by atoms with van der Waals surface area (Å²) in [5.74, 6) is -4.61. The van der Waals surface area contributed by atoms with Crippen molar-refractivity contribution in [2.75, 3.05) is 31.5 Å². The minimum atomic E-state index is -1.64. The number of piperidine rings is 1. The number of anilines is 1. The van der Waals surface area contributed by atoms with E-state index in [0.29, 0.717) is 25.3 Å². The maximum absolute atomic E-state index is 13.7. The number of nitrogens with one attached hydrogen (secondary N) is 2. The van der Waals surface area contributed by atoms with Gasteiger partial charge in [-0.25, -0.2) is 13.2 Å². The maximum Gasteiger partial charge on any atom is 0.244 e. The number of hydrogen-bond acceptors (Lipinski definition) is 3. The Morgan fingerprint density at radius 1 is 1.28 bits per heavy atom. The number of carbonyl (C=O) groups is 2. The van der Waals surface area contributed by atoms with E-state index < -0.39 is 29.0 Å². The van der Waals surface area contributed by atoms with Crippen molar-refractivity contribution in [3.8, 4) is 0 Å². The van der Waals surface area contributed by atoms with Crippen molar-refractivity contribution in [3.63, 3.8) is 0 Å². The summed E-state index contributed by atoms with van der Waals surface area (Å²) in [6.07, 6.45) is 3.16. The van der Waals surface area contributed by atoms with Crippen LogP contribution < -0.4 is 10.6 Å². The third-order valence-corrected chi connectivity index (χ3v) is 5.13. The molecule has 5 nitrogen and oxygen atoms in total. The highest BCUT2D eigenvalue weighted by atomic mass is 35.5. The molecule has 1 saturated heterocycles. The summed E-state index contributed by atoms with van der Waals surface area (Å²) in [5.41, 5.74) is -0.450. The predicted octanol–water partition coefficient (Wildman–Crippen LogP) is 3.73. The molecular formula is C20H29ClF3N3O2. The second-order valence-corrected chi connectivity index (χ2v) is 7.37. The van der Waals surface area contributed by atoms with Gasteiger partial charge in [-0.05, 0) is 56.3 Å². The lowest BCUT2D eigenvalue weighted by atomic mass is 9.85. The molecule has 9 heteroatoms. The maximum atomic E-state index is 13.7. The number of halogens is 4. The molecule has 1 heterocycles. The first-order valence-electron chi connectivity index (χ1n) is 9.75. The highest BCUT2D eigenvalue weighted by Gasteiger charge is 2.25. The van der Waals surface area contributed by atoms with Gasteiger partial charge < -0.3 is 15.5 Å². The smallest absolute Gasteiger partial charge is 0.244 e. The van der Waals surface area contributed by atoms with Gasteiger partial charge >= 0.3 is 0 Å². The van der Waals surface area contributed by atoms with Crippen LogP contribution in [0, 0.1) is 29.3 Å². The highest BCUT2D eigenvalue weighted by Crippen LogP contribution is 2.23. The molecule has 1 aliphatic heterocycles. The van der Waals surface area contributed by atoms with Crippen LogP contribution in [0.2, 0.25) is 0 Å². The van der Waals surface area contributed by atoms with E-state index >= 15 is 0 Å². The van der Waals surface area contributed by atoms with Crippen LogP contribution in [-0.2, 0) is 9.59 Å². The lowest BCUT2D eigenvalue weighted by Crippen LogP contribution is -2.41. The Morgan fingerprint density at radius 3 is 2.62 bits per heavy atom. The van der Waals surface area contributed by atoms with E-state index in [0.717, 1.165) is 38.1 Å². The monoisotopic (exact) mass is 435 g/mol. The zero-order chi connectivity index (χ0) is 20.7. The van der Waals surface area contributed by atoms with Gasteiger partial charge in [0.05, 0.1) is 12.2 Å². The van der Waals surface area contributed by atoms with Gasteiger partial charge in [-0.2, -0.15) is 0 Å². The zero-order valence-corrected chi connectivity index (χ0v) is 17.6. The molecule has 164 valence electrons. The quantitative estimate of drug-likeness (QED) is 0.612. The van der Waals surface area contributed by atoms with Crippen LogP contribution in [0.3, 0.4) is 0 Å². The van der Waals surface area contributed by atoms with Gasteiger partial charge in [0.1, 0.15) is 0 Å². The van der Waals surface area contributed by atoms with Gasteiger partial charge in [0.15, 0.2) is 17.5 Å². The summed E-state index contributed by atoms with van der Waals surface area (Å²) in [7, 11) is 0. The Bertz CT molecular complexity index is 700. The van der Waals surface area contributed by atoms with Crippen molar-refractivity contribution < 1.29 is 22.8 Å². The zero-order valence-electron chi connectivity index (χ0n) is 16.8. The lowest BCUT2D eigenvalue weighted by Gasteiger charge is -2.30. The molecule has 29 heavy (non-hydrogen) atoms. The summed E-state index contributed by atoms with van der Waals surface area (Å²) in [5, 5.41) is 5.55. The average molecular weight is 436 g/mol. The molecule has 2 amide bonds. The van der Waals surface area contributed by atoms with Crippen LogP contribution in [0.5, 0.6) is 0 Å². The third kappa shape index (κ3) is 7.19. The molecule has 1 aromatic carbocycles. The molecule has 2 unspecified atom stereocenters. The van der Waals surface area contributed by atoms with Gasteiger partial charge in [0, 0.05) is 13.0 Å². The lowest BCUT2D eigenvalue weighted by molar-refractivity contribution is -0.135. The minimum Gasteiger partial charge on any atom is -0.333 e. The fraction of sp³-hybridized carbons (Fsp3) is 0.600. The molecule has 0 spiro atoms. The highest BCUT2D eigenvalue weighted by molar-refractivity contribution is 5.94. The average Bonchev–Trinajstić information content (AvgIpc) is 2.68. The fourth-order valence-corrected chi connectivity index (χ4v) is 3.48. The van der Waals surface area contributed by atoms with E-state index in [1.807, 2.05) is 13.8 Å². The van der Waals surface area contributed by atoms with Crippen molar-refractivity contribution in [1.29, 1.82) is 0 Å². The number of rotatable bonds is 8. The number of hydrogen-bond donors (Lipinski definition) is 2. The molecule has 0 radical (unpaired) electrons. The topological polar surface area (TPSA) is 61.4 Å². The van der Waals surface area contributed by atoms with Gasteiger partial charge in [-0.1, -0.05) is 13.8 Å². The molecule has 0 aromatic heterocycles. The van der Waals surface area contributed by atoms with Crippen molar-refractivity contribution in [1.82, 2.24) is 10.2 Å². The third-order valence-electron chi connectivity index (χ3n) is 5.13. The predicted molar refractivity (Wildman–Crippen MR) is 108 cm³/mol. The summed E-state index contributed by atoms with van der Waals surface area (Å²) in [4.78, 5) is 26.4. The fourth-order valence-electron chi connectivity index (χ4n) is 3.48. The van der Waals surface area contributed by atoms with E-state index in [1.54, 1.807) is 0 Å². The molecular weight excluding hydrogens is 407 g/mol. The van der Waals surface area contributed by atoms with Crippen LogP contribution >= 0.6 is 12.4 Å². The number of nitrogens with zero attached hydrogens (tertiary/aromatic N) is 1. The van der Waals surface area contributed by atoms with Crippen LogP contribution in [0.4, 0.5) is 18.9 Å². The van der Waals surface area contributed by atoms with E-state index in [4.69, 9.17) is 0 Å². The van der Waals surface area contributed by atoms with E-state index in [2.05, 4.69) is 10.6 Å². The van der Waals surface area contributed by atoms with Crippen molar-refractivity contribution >= 4 is 29.9 Å². The van der Waals surface area contributed by atoms with E-state index in [-0.39, 0.29) is 30.8 Å². The molecule has 1 aromatic rings. The van der Waals surface area contributed by atoms with Crippen LogP contribution in [0.15, 0.2) is 12.1 Å². The number of benzene rings is 1. The largest absolute Gasteiger partial charge is 0.333 e. The molecule has 2 rings (SSSR count). The van der Waals surface area contributed by atoms with Crippen LogP contribution in [0.25, 0.3) is 0 Å². The molecule has 2 atom stereocenters. The van der Waals surface area contributed by atoms with Gasteiger partial charge in [-0.3, -0.25) is 9.59 Å². The Balaban J connectivity index is 0.00000420. The Kier molecular flexibility index (Phi) is 10.5. The summed E-state index contributed by atoms with van der Waals surface area (Å²) >= 11 is 0. The summed E-state index contributed by atoms with van der Waals surface area (Å²) in [6.45, 7) is 5.94. The van der Waals surface area contributed by atoms with Gasteiger partial charge in [0.25, 0.3) is 0 Å². The first kappa shape index (κ1) is 25.2. The second-order valence-electron chi connectivity index (χ2n) is 7.37. The first-order valence-corrected chi connectivity index (χ1v) is 9.75. The van der Waals surface area contributed by atoms with Crippen LogP contribution in [0.1, 0.15) is 39.5 Å². The second kappa shape index (κ2) is 12.0. The number of amides is 2. The number of carbonyl (C=O) groups excluding carboxylic acids is 2. The SMILES string of the molecule is CCCN(CC(=O)Nc1ccc(F)c(F)c1F)C(=O)CC(C)C1CCCNC1.Cl. The summed E-state index contributed by atoms with van der Waals surface area (Å²) < 4.78 is 40.0. The van der Waals surface area contributed by atoms with E-state index in [9.17, 15) is 22.8 Å². The molecule has 1 aliphatic rings.